The summed E-state index contributed by atoms with van der Waals surface area (Å²) in [5.41, 5.74) is 2.68. The number of amides is 4. The van der Waals surface area contributed by atoms with Gasteiger partial charge >= 0.3 is 0 Å². The van der Waals surface area contributed by atoms with Crippen LogP contribution in [0.3, 0.4) is 0 Å². The smallest absolute Gasteiger partial charge is 0.266 e. The fourth-order valence-corrected chi connectivity index (χ4v) is 6.93. The first kappa shape index (κ1) is 23.7. The van der Waals surface area contributed by atoms with Gasteiger partial charge in [-0.3, -0.25) is 24.2 Å². The maximum Gasteiger partial charge on any atom is 0.266 e. The van der Waals surface area contributed by atoms with E-state index in [2.05, 4.69) is 4.98 Å². The lowest BCUT2D eigenvalue weighted by molar-refractivity contribution is -0.670. The first-order valence-electron chi connectivity index (χ1n) is 13.8. The number of imide groups is 2. The van der Waals surface area contributed by atoms with Crippen LogP contribution in [0.5, 0.6) is 0 Å². The van der Waals surface area contributed by atoms with E-state index in [0.717, 1.165) is 32.3 Å². The van der Waals surface area contributed by atoms with E-state index in [0.29, 0.717) is 44.4 Å². The molecule has 5 aromatic carbocycles. The summed E-state index contributed by atoms with van der Waals surface area (Å²) in [7, 11) is 1.84. The van der Waals surface area contributed by atoms with Gasteiger partial charge < -0.3 is 0 Å². The van der Waals surface area contributed by atoms with Gasteiger partial charge in [-0.25, -0.2) is 14.4 Å². The summed E-state index contributed by atoms with van der Waals surface area (Å²) in [6, 6.07) is 21.6. The van der Waals surface area contributed by atoms with Crippen molar-refractivity contribution in [3.05, 3.63) is 120 Å². The SMILES string of the molecule is C[n+]1cccc(N2C(=O)c3ccc4c5ccc6c7c(ccc(c8ccc(c3c48)C2=O)c75)C(=O)N(c2cccnc2)C6=O)c1. The van der Waals surface area contributed by atoms with Crippen molar-refractivity contribution < 1.29 is 23.7 Å². The van der Waals surface area contributed by atoms with Gasteiger partial charge in [-0.2, -0.15) is 0 Å². The Morgan fingerprint density at radius 2 is 0.977 bits per heavy atom. The Bertz CT molecular complexity index is 2330. The highest BCUT2D eigenvalue weighted by Crippen LogP contribution is 2.46. The Balaban J connectivity index is 1.33. The number of benzene rings is 5. The van der Waals surface area contributed by atoms with Gasteiger partial charge in [-0.15, -0.1) is 0 Å². The quantitative estimate of drug-likeness (QED) is 0.120. The highest BCUT2D eigenvalue weighted by Gasteiger charge is 2.38. The van der Waals surface area contributed by atoms with Gasteiger partial charge in [0.15, 0.2) is 12.4 Å². The summed E-state index contributed by atoms with van der Waals surface area (Å²) in [4.78, 5) is 61.7. The molecule has 0 unspecified atom stereocenters. The van der Waals surface area contributed by atoms with Crippen molar-refractivity contribution in [1.29, 1.82) is 0 Å². The summed E-state index contributed by atoms with van der Waals surface area (Å²) < 4.78 is 1.80. The number of pyridine rings is 2. The molecule has 2 aromatic heterocycles. The largest absolute Gasteiger partial charge is 0.268 e. The Hall–Kier alpha value is -6.02. The molecule has 202 valence electrons. The Kier molecular flexibility index (Phi) is 4.43. The number of carbonyl (C=O) groups excluding carboxylic acids is 4. The van der Waals surface area contributed by atoms with Crippen molar-refractivity contribution in [1.82, 2.24) is 4.98 Å². The molecule has 8 heteroatoms. The average molecular weight is 560 g/mol. The van der Waals surface area contributed by atoms with Crippen LogP contribution >= 0.6 is 0 Å². The summed E-state index contributed by atoms with van der Waals surface area (Å²) in [6.45, 7) is 0. The molecule has 8 nitrogen and oxygen atoms in total. The molecule has 4 heterocycles. The van der Waals surface area contributed by atoms with Gasteiger partial charge in [-0.05, 0) is 74.8 Å². The summed E-state index contributed by atoms with van der Waals surface area (Å²) in [6.07, 6.45) is 6.68. The van der Waals surface area contributed by atoms with E-state index in [4.69, 9.17) is 0 Å². The van der Waals surface area contributed by atoms with Gasteiger partial charge in [0.1, 0.15) is 12.7 Å². The zero-order chi connectivity index (χ0) is 29.1. The molecular weight excluding hydrogens is 540 g/mol. The lowest BCUT2D eigenvalue weighted by atomic mass is 9.82. The first-order valence-corrected chi connectivity index (χ1v) is 13.8. The predicted molar refractivity (Wildman–Crippen MR) is 162 cm³/mol. The molecule has 0 bridgehead atoms. The van der Waals surface area contributed by atoms with Crippen LogP contribution < -0.4 is 14.4 Å². The number of hydrogen-bond donors (Lipinski definition) is 0. The molecule has 2 aliphatic rings. The maximum atomic E-state index is 13.9. The van der Waals surface area contributed by atoms with E-state index in [-0.39, 0.29) is 11.8 Å². The van der Waals surface area contributed by atoms with E-state index in [1.165, 1.54) is 16.0 Å². The van der Waals surface area contributed by atoms with Crippen molar-refractivity contribution in [2.24, 2.45) is 7.05 Å². The molecule has 2 aliphatic heterocycles. The summed E-state index contributed by atoms with van der Waals surface area (Å²) in [5.74, 6) is -1.57. The fraction of sp³-hybridized carbons (Fsp3) is 0.0286. The monoisotopic (exact) mass is 559 g/mol. The number of anilines is 2. The van der Waals surface area contributed by atoms with E-state index >= 15 is 0 Å². The van der Waals surface area contributed by atoms with Gasteiger partial charge in [0, 0.05) is 45.3 Å². The van der Waals surface area contributed by atoms with Gasteiger partial charge in [0.05, 0.1) is 11.9 Å². The van der Waals surface area contributed by atoms with Crippen molar-refractivity contribution in [2.45, 2.75) is 0 Å². The second kappa shape index (κ2) is 8.04. The second-order valence-corrected chi connectivity index (χ2v) is 11.0. The molecular formula is C35H19N4O4+. The summed E-state index contributed by atoms with van der Waals surface area (Å²) in [5, 5.41) is 6.25. The molecule has 0 saturated carbocycles. The van der Waals surface area contributed by atoms with Crippen LogP contribution in [0, 0.1) is 0 Å². The molecule has 0 radical (unpaired) electrons. The average Bonchev–Trinajstić information content (AvgIpc) is 3.02. The van der Waals surface area contributed by atoms with E-state index in [1.54, 1.807) is 65.5 Å². The Morgan fingerprint density at radius 3 is 1.40 bits per heavy atom. The number of rotatable bonds is 2. The number of nitrogens with zero attached hydrogens (tertiary/aromatic N) is 4. The maximum absolute atomic E-state index is 13.9. The van der Waals surface area contributed by atoms with Crippen LogP contribution in [0.4, 0.5) is 11.4 Å². The summed E-state index contributed by atoms with van der Waals surface area (Å²) >= 11 is 0. The third-order valence-electron chi connectivity index (χ3n) is 8.72. The van der Waals surface area contributed by atoms with Crippen LogP contribution in [0.2, 0.25) is 0 Å². The highest BCUT2D eigenvalue weighted by atomic mass is 16.2. The minimum absolute atomic E-state index is 0.380. The Morgan fingerprint density at radius 1 is 0.535 bits per heavy atom. The van der Waals surface area contributed by atoms with Crippen molar-refractivity contribution in [2.75, 3.05) is 9.80 Å². The molecule has 0 fully saturated rings. The lowest BCUT2D eigenvalue weighted by Crippen LogP contribution is -2.42. The van der Waals surface area contributed by atoms with Crippen molar-refractivity contribution >= 4 is 78.1 Å². The molecule has 0 aliphatic carbocycles. The zero-order valence-electron chi connectivity index (χ0n) is 22.7. The molecule has 43 heavy (non-hydrogen) atoms. The van der Waals surface area contributed by atoms with Crippen LogP contribution in [0.25, 0.3) is 43.1 Å². The molecule has 0 N–H and O–H groups in total. The zero-order valence-corrected chi connectivity index (χ0v) is 22.7. The predicted octanol–water partition coefficient (Wildman–Crippen LogP) is 5.56. The molecule has 0 spiro atoms. The number of carbonyl (C=O) groups is 4. The fourth-order valence-electron chi connectivity index (χ4n) is 6.93. The first-order chi connectivity index (χ1) is 20.9. The molecule has 4 amide bonds. The van der Waals surface area contributed by atoms with Crippen LogP contribution in [-0.4, -0.2) is 28.6 Å². The third kappa shape index (κ3) is 2.89. The Labute approximate surface area is 243 Å². The highest BCUT2D eigenvalue weighted by molar-refractivity contribution is 6.45. The van der Waals surface area contributed by atoms with Crippen molar-refractivity contribution in [3.63, 3.8) is 0 Å². The van der Waals surface area contributed by atoms with Crippen LogP contribution in [-0.2, 0) is 7.05 Å². The third-order valence-corrected chi connectivity index (χ3v) is 8.72. The molecule has 7 aromatic rings. The molecule has 9 rings (SSSR count). The van der Waals surface area contributed by atoms with Crippen LogP contribution in [0.1, 0.15) is 41.4 Å². The topological polar surface area (TPSA) is 91.5 Å². The lowest BCUT2D eigenvalue weighted by Gasteiger charge is -2.29. The minimum atomic E-state index is -0.407. The number of aryl methyl sites for hydroxylation is 1. The molecule has 0 saturated heterocycles. The molecule has 0 atom stereocenters. The van der Waals surface area contributed by atoms with Gasteiger partial charge in [-0.1, -0.05) is 24.3 Å². The van der Waals surface area contributed by atoms with E-state index in [9.17, 15) is 19.2 Å². The van der Waals surface area contributed by atoms with E-state index < -0.39 is 11.8 Å². The van der Waals surface area contributed by atoms with E-state index in [1.807, 2.05) is 37.5 Å². The standard InChI is InChI=1S/C35H19N4O4/c1-37-15-3-5-19(17-37)39-34(42)26-12-8-22-20-6-10-24-30-25(33(41)38(32(24)40)18-4-2-14-36-16-18)11-7-21(28(20)30)23-9-13-27(35(39)43)31(26)29(22)23/h2-17H,1H3/q+1. The number of hydrogen-bond acceptors (Lipinski definition) is 5. The minimum Gasteiger partial charge on any atom is -0.268 e. The van der Waals surface area contributed by atoms with Crippen LogP contribution in [0.15, 0.2) is 97.6 Å². The van der Waals surface area contributed by atoms with Gasteiger partial charge in [0.25, 0.3) is 23.6 Å². The number of aromatic nitrogens is 2. The van der Waals surface area contributed by atoms with Crippen molar-refractivity contribution in [3.8, 4) is 0 Å². The second-order valence-electron chi connectivity index (χ2n) is 11.0. The normalized spacial score (nSPS) is 14.7. The number of fused-ring (bicyclic) bond motifs is 2. The van der Waals surface area contributed by atoms with Gasteiger partial charge in [0.2, 0.25) is 0 Å².